The van der Waals surface area contributed by atoms with Crippen molar-refractivity contribution in [3.05, 3.63) is 45.4 Å². The van der Waals surface area contributed by atoms with E-state index in [4.69, 9.17) is 44.3 Å². The summed E-state index contributed by atoms with van der Waals surface area (Å²) >= 11 is 17.9. The molecule has 2 rings (SSSR count). The summed E-state index contributed by atoms with van der Waals surface area (Å²) in [5.41, 5.74) is 1.06. The van der Waals surface area contributed by atoms with Crippen molar-refractivity contribution in [1.82, 2.24) is 0 Å². The molecule has 0 spiro atoms. The largest absolute Gasteiger partial charge is 0.495 e. The van der Waals surface area contributed by atoms with Crippen LogP contribution in [0.15, 0.2) is 30.3 Å². The molecule has 0 unspecified atom stereocenters. The third-order valence-corrected chi connectivity index (χ3v) is 3.96. The van der Waals surface area contributed by atoms with Crippen molar-refractivity contribution in [2.24, 2.45) is 0 Å². The van der Waals surface area contributed by atoms with Crippen LogP contribution in [0.4, 0.5) is 11.4 Å². The third kappa shape index (κ3) is 4.60. The Bertz CT molecular complexity index is 754. The first-order valence-electron chi connectivity index (χ1n) is 6.85. The number of halogens is 3. The smallest absolute Gasteiger partial charge is 0.243 e. The molecule has 0 saturated carbocycles. The van der Waals surface area contributed by atoms with Crippen molar-refractivity contribution in [2.75, 3.05) is 31.4 Å². The van der Waals surface area contributed by atoms with Crippen LogP contribution >= 0.6 is 34.8 Å². The van der Waals surface area contributed by atoms with Crippen molar-refractivity contribution in [3.8, 4) is 11.5 Å². The van der Waals surface area contributed by atoms with Gasteiger partial charge in [-0.1, -0.05) is 34.8 Å². The van der Waals surface area contributed by atoms with E-state index in [0.29, 0.717) is 37.9 Å². The number of hydrogen-bond donors (Lipinski definition) is 2. The molecule has 1 amide bonds. The molecule has 0 heterocycles. The summed E-state index contributed by atoms with van der Waals surface area (Å²) in [5, 5.41) is 6.94. The van der Waals surface area contributed by atoms with Gasteiger partial charge in [0.1, 0.15) is 11.5 Å². The highest BCUT2D eigenvalue weighted by molar-refractivity contribution is 6.36. The Morgan fingerprint density at radius 2 is 1.67 bits per heavy atom. The molecular weight excluding hydrogens is 375 g/mol. The molecule has 2 aromatic carbocycles. The van der Waals surface area contributed by atoms with Gasteiger partial charge < -0.3 is 20.1 Å². The molecule has 8 heteroatoms. The molecule has 0 fully saturated rings. The SMILES string of the molecule is COc1cc(NCC(=O)Nc2ccc(Cl)cc2Cl)c(OC)cc1Cl. The van der Waals surface area contributed by atoms with Crippen LogP contribution in [0.1, 0.15) is 0 Å². The number of carbonyl (C=O) groups is 1. The highest BCUT2D eigenvalue weighted by Gasteiger charge is 2.12. The average molecular weight is 390 g/mol. The van der Waals surface area contributed by atoms with Crippen LogP contribution in [0.25, 0.3) is 0 Å². The maximum atomic E-state index is 12.1. The summed E-state index contributed by atoms with van der Waals surface area (Å²) in [7, 11) is 3.02. The van der Waals surface area contributed by atoms with E-state index in [1.807, 2.05) is 0 Å². The minimum absolute atomic E-state index is 0.000101. The monoisotopic (exact) mass is 388 g/mol. The molecule has 0 atom stereocenters. The maximum Gasteiger partial charge on any atom is 0.243 e. The van der Waals surface area contributed by atoms with Gasteiger partial charge in [-0.2, -0.15) is 0 Å². The van der Waals surface area contributed by atoms with Crippen molar-refractivity contribution in [2.45, 2.75) is 0 Å². The first-order valence-corrected chi connectivity index (χ1v) is 7.98. The molecule has 0 aromatic heterocycles. The van der Waals surface area contributed by atoms with E-state index in [1.165, 1.54) is 14.2 Å². The summed E-state index contributed by atoms with van der Waals surface area (Å²) in [4.78, 5) is 12.1. The van der Waals surface area contributed by atoms with Crippen LogP contribution in [-0.2, 0) is 4.79 Å². The first-order chi connectivity index (χ1) is 11.4. The summed E-state index contributed by atoms with van der Waals surface area (Å²) in [5.74, 6) is 0.689. The number of rotatable bonds is 6. The van der Waals surface area contributed by atoms with Gasteiger partial charge in [-0.15, -0.1) is 0 Å². The maximum absolute atomic E-state index is 12.1. The predicted molar refractivity (Wildman–Crippen MR) is 98.1 cm³/mol. The summed E-state index contributed by atoms with van der Waals surface area (Å²) in [6.07, 6.45) is 0. The van der Waals surface area contributed by atoms with Gasteiger partial charge in [-0.05, 0) is 18.2 Å². The van der Waals surface area contributed by atoms with Crippen molar-refractivity contribution in [1.29, 1.82) is 0 Å². The molecule has 0 aliphatic heterocycles. The van der Waals surface area contributed by atoms with Gasteiger partial charge in [-0.25, -0.2) is 0 Å². The number of nitrogens with one attached hydrogen (secondary N) is 2. The number of methoxy groups -OCH3 is 2. The number of anilines is 2. The second-order valence-electron chi connectivity index (χ2n) is 4.71. The van der Waals surface area contributed by atoms with Crippen molar-refractivity contribution >= 4 is 52.1 Å². The fourth-order valence-corrected chi connectivity index (χ4v) is 2.65. The minimum Gasteiger partial charge on any atom is -0.495 e. The molecule has 24 heavy (non-hydrogen) atoms. The van der Waals surface area contributed by atoms with Crippen LogP contribution in [0.2, 0.25) is 15.1 Å². The number of benzene rings is 2. The molecule has 0 saturated heterocycles. The second-order valence-corrected chi connectivity index (χ2v) is 5.96. The second kappa shape index (κ2) is 8.33. The zero-order valence-electron chi connectivity index (χ0n) is 13.0. The zero-order chi connectivity index (χ0) is 17.7. The quantitative estimate of drug-likeness (QED) is 0.751. The highest BCUT2D eigenvalue weighted by atomic mass is 35.5. The van der Waals surface area contributed by atoms with E-state index in [-0.39, 0.29) is 12.5 Å². The Morgan fingerprint density at radius 1 is 0.958 bits per heavy atom. The lowest BCUT2D eigenvalue weighted by Crippen LogP contribution is -2.22. The summed E-state index contributed by atoms with van der Waals surface area (Å²) in [6, 6.07) is 8.09. The lowest BCUT2D eigenvalue weighted by molar-refractivity contribution is -0.114. The molecule has 2 N–H and O–H groups in total. The fraction of sp³-hybridized carbons (Fsp3) is 0.188. The Labute approximate surface area is 154 Å². The zero-order valence-corrected chi connectivity index (χ0v) is 15.2. The van der Waals surface area contributed by atoms with Gasteiger partial charge >= 0.3 is 0 Å². The summed E-state index contributed by atoms with van der Waals surface area (Å²) in [6.45, 7) is 0.000101. The van der Waals surface area contributed by atoms with Crippen molar-refractivity contribution in [3.63, 3.8) is 0 Å². The molecule has 5 nitrogen and oxygen atoms in total. The summed E-state index contributed by atoms with van der Waals surface area (Å²) < 4.78 is 10.4. The van der Waals surface area contributed by atoms with E-state index in [0.717, 1.165) is 0 Å². The van der Waals surface area contributed by atoms with E-state index in [2.05, 4.69) is 10.6 Å². The lowest BCUT2D eigenvalue weighted by Gasteiger charge is -2.14. The van der Waals surface area contributed by atoms with Gasteiger partial charge in [0.15, 0.2) is 0 Å². The van der Waals surface area contributed by atoms with E-state index in [1.54, 1.807) is 30.3 Å². The Balaban J connectivity index is 2.06. The van der Waals surface area contributed by atoms with Gasteiger partial charge in [0.05, 0.1) is 42.2 Å². The topological polar surface area (TPSA) is 59.6 Å². The van der Waals surface area contributed by atoms with Crippen LogP contribution in [-0.4, -0.2) is 26.7 Å². The van der Waals surface area contributed by atoms with Gasteiger partial charge in [0.25, 0.3) is 0 Å². The molecule has 0 bridgehead atoms. The third-order valence-electron chi connectivity index (χ3n) is 3.12. The van der Waals surface area contributed by atoms with Crippen molar-refractivity contribution < 1.29 is 14.3 Å². The van der Waals surface area contributed by atoms with E-state index < -0.39 is 0 Å². The van der Waals surface area contributed by atoms with Gasteiger partial charge in [-0.3, -0.25) is 4.79 Å². The van der Waals surface area contributed by atoms with E-state index in [9.17, 15) is 4.79 Å². The number of ether oxygens (including phenoxy) is 2. The van der Waals surface area contributed by atoms with E-state index >= 15 is 0 Å². The minimum atomic E-state index is -0.282. The number of hydrogen-bond acceptors (Lipinski definition) is 4. The lowest BCUT2D eigenvalue weighted by atomic mass is 10.2. The molecule has 128 valence electrons. The molecule has 0 aliphatic rings. The molecule has 0 radical (unpaired) electrons. The predicted octanol–water partition coefficient (Wildman–Crippen LogP) is 4.71. The number of amides is 1. The van der Waals surface area contributed by atoms with Crippen LogP contribution in [0, 0.1) is 0 Å². The molecule has 0 aliphatic carbocycles. The molecule has 2 aromatic rings. The van der Waals surface area contributed by atoms with Crippen LogP contribution in [0.3, 0.4) is 0 Å². The Morgan fingerprint density at radius 3 is 2.29 bits per heavy atom. The Kier molecular flexibility index (Phi) is 6.43. The van der Waals surface area contributed by atoms with Gasteiger partial charge in [0.2, 0.25) is 5.91 Å². The van der Waals surface area contributed by atoms with Gasteiger partial charge in [0, 0.05) is 17.2 Å². The standard InChI is InChI=1S/C16H15Cl3N2O3/c1-23-14-7-13(15(24-2)6-11(14)19)20-8-16(22)21-12-4-3-9(17)5-10(12)18/h3-7,20H,8H2,1-2H3,(H,21,22). The average Bonchev–Trinajstić information content (AvgIpc) is 2.55. The first kappa shape index (κ1) is 18.5. The van der Waals surface area contributed by atoms with Crippen LogP contribution < -0.4 is 20.1 Å². The molecular formula is C16H15Cl3N2O3. The highest BCUT2D eigenvalue weighted by Crippen LogP contribution is 2.35. The normalized spacial score (nSPS) is 10.2. The fourth-order valence-electron chi connectivity index (χ4n) is 1.96. The van der Waals surface area contributed by atoms with Crippen LogP contribution in [0.5, 0.6) is 11.5 Å². The Hall–Kier alpha value is -1.82. The number of carbonyl (C=O) groups excluding carboxylic acids is 1.